The van der Waals surface area contributed by atoms with Gasteiger partial charge in [0, 0.05) is 13.1 Å². The first-order valence-corrected chi connectivity index (χ1v) is 7.73. The largest absolute Gasteiger partial charge is 0.335 e. The van der Waals surface area contributed by atoms with Crippen molar-refractivity contribution in [1.29, 1.82) is 0 Å². The molecule has 1 aromatic rings. The fraction of sp³-hybridized carbons (Fsp3) is 0.500. The summed E-state index contributed by atoms with van der Waals surface area (Å²) in [5.74, 6) is 0.0300. The second kappa shape index (κ2) is 10.2. The lowest BCUT2D eigenvalue weighted by molar-refractivity contribution is -0.126. The molecule has 2 heteroatoms. The molecule has 1 rings (SSSR count). The van der Waals surface area contributed by atoms with E-state index in [0.29, 0.717) is 6.54 Å². The molecule has 1 amide bonds. The first-order chi connectivity index (χ1) is 9.77. The lowest BCUT2D eigenvalue weighted by Crippen LogP contribution is -2.29. The minimum absolute atomic E-state index is 0.0300. The number of rotatable bonds is 10. The summed E-state index contributed by atoms with van der Waals surface area (Å²) in [5.41, 5.74) is 1.17. The molecule has 1 aromatic carbocycles. The average Bonchev–Trinajstić information content (AvgIpc) is 2.49. The number of hydrogen-bond acceptors (Lipinski definition) is 1. The van der Waals surface area contributed by atoms with Gasteiger partial charge in [-0.3, -0.25) is 4.79 Å². The molecule has 0 atom stereocenters. The molecule has 0 spiro atoms. The van der Waals surface area contributed by atoms with E-state index in [-0.39, 0.29) is 5.91 Å². The molecule has 0 aromatic heterocycles. The second-order valence-corrected chi connectivity index (χ2v) is 5.22. The summed E-state index contributed by atoms with van der Waals surface area (Å²) in [4.78, 5) is 13.8. The van der Waals surface area contributed by atoms with Gasteiger partial charge in [-0.15, -0.1) is 0 Å². The Morgan fingerprint density at radius 2 is 1.75 bits per heavy atom. The Morgan fingerprint density at radius 3 is 2.40 bits per heavy atom. The SMILES string of the molecule is C=CC(=O)N(CCCCCCCC)Cc1ccccc1. The summed E-state index contributed by atoms with van der Waals surface area (Å²) >= 11 is 0. The summed E-state index contributed by atoms with van der Waals surface area (Å²) in [7, 11) is 0. The van der Waals surface area contributed by atoms with E-state index in [1.807, 2.05) is 23.1 Å². The normalized spacial score (nSPS) is 10.2. The molecule has 0 saturated carbocycles. The summed E-state index contributed by atoms with van der Waals surface area (Å²) in [6, 6.07) is 10.1. The van der Waals surface area contributed by atoms with Crippen LogP contribution in [0.15, 0.2) is 43.0 Å². The van der Waals surface area contributed by atoms with Crippen LogP contribution in [0.4, 0.5) is 0 Å². The highest BCUT2D eigenvalue weighted by Crippen LogP contribution is 2.09. The van der Waals surface area contributed by atoms with Gasteiger partial charge in [0.2, 0.25) is 5.91 Å². The predicted octanol–water partition coefficient (Wildman–Crippen LogP) is 4.56. The van der Waals surface area contributed by atoms with Crippen LogP contribution in [0, 0.1) is 0 Å². The highest BCUT2D eigenvalue weighted by atomic mass is 16.2. The van der Waals surface area contributed by atoms with Crippen LogP contribution in [0.1, 0.15) is 51.0 Å². The summed E-state index contributed by atoms with van der Waals surface area (Å²) in [6.45, 7) is 7.33. The third-order valence-corrected chi connectivity index (χ3v) is 3.48. The molecule has 0 aliphatic heterocycles. The van der Waals surface area contributed by atoms with Crippen molar-refractivity contribution in [2.24, 2.45) is 0 Å². The standard InChI is InChI=1S/C18H27NO/c1-3-5-6-7-8-12-15-19(18(20)4-2)16-17-13-10-9-11-14-17/h4,9-11,13-14H,2-3,5-8,12,15-16H2,1H3. The quantitative estimate of drug-likeness (QED) is 0.452. The van der Waals surface area contributed by atoms with Crippen molar-refractivity contribution in [3.63, 3.8) is 0 Å². The summed E-state index contributed by atoms with van der Waals surface area (Å²) in [5, 5.41) is 0. The van der Waals surface area contributed by atoms with E-state index in [0.717, 1.165) is 13.0 Å². The summed E-state index contributed by atoms with van der Waals surface area (Å²) < 4.78 is 0. The van der Waals surface area contributed by atoms with E-state index in [9.17, 15) is 4.79 Å². The molecule has 0 aliphatic carbocycles. The molecular weight excluding hydrogens is 246 g/mol. The van der Waals surface area contributed by atoms with E-state index in [1.165, 1.54) is 43.7 Å². The Bertz CT molecular complexity index is 386. The summed E-state index contributed by atoms with van der Waals surface area (Å²) in [6.07, 6.45) is 8.88. The van der Waals surface area contributed by atoms with Gasteiger partial charge in [0.1, 0.15) is 0 Å². The first-order valence-electron chi connectivity index (χ1n) is 7.73. The van der Waals surface area contributed by atoms with Crippen LogP contribution in [0.25, 0.3) is 0 Å². The zero-order valence-electron chi connectivity index (χ0n) is 12.7. The van der Waals surface area contributed by atoms with Crippen molar-refractivity contribution in [1.82, 2.24) is 4.90 Å². The van der Waals surface area contributed by atoms with E-state index in [2.05, 4.69) is 25.6 Å². The Balaban J connectivity index is 2.37. The maximum Gasteiger partial charge on any atom is 0.246 e. The van der Waals surface area contributed by atoms with Gasteiger partial charge in [-0.1, -0.05) is 75.9 Å². The van der Waals surface area contributed by atoms with Crippen molar-refractivity contribution in [3.8, 4) is 0 Å². The van der Waals surface area contributed by atoms with E-state index in [4.69, 9.17) is 0 Å². The number of amides is 1. The van der Waals surface area contributed by atoms with E-state index in [1.54, 1.807) is 0 Å². The van der Waals surface area contributed by atoms with Crippen molar-refractivity contribution >= 4 is 5.91 Å². The van der Waals surface area contributed by atoms with Crippen LogP contribution < -0.4 is 0 Å². The van der Waals surface area contributed by atoms with Crippen LogP contribution in [0.5, 0.6) is 0 Å². The molecule has 0 N–H and O–H groups in total. The van der Waals surface area contributed by atoms with Crippen molar-refractivity contribution < 1.29 is 4.79 Å². The number of carbonyl (C=O) groups excluding carboxylic acids is 1. The van der Waals surface area contributed by atoms with Gasteiger partial charge in [0.05, 0.1) is 0 Å². The lowest BCUT2D eigenvalue weighted by Gasteiger charge is -2.21. The highest BCUT2D eigenvalue weighted by Gasteiger charge is 2.10. The van der Waals surface area contributed by atoms with Gasteiger partial charge in [-0.05, 0) is 18.1 Å². The molecule has 0 aliphatic rings. The third-order valence-electron chi connectivity index (χ3n) is 3.48. The van der Waals surface area contributed by atoms with Crippen LogP contribution in [-0.4, -0.2) is 17.4 Å². The monoisotopic (exact) mass is 273 g/mol. The van der Waals surface area contributed by atoms with Crippen LogP contribution in [-0.2, 0) is 11.3 Å². The zero-order chi connectivity index (χ0) is 14.6. The molecule has 0 bridgehead atoms. The van der Waals surface area contributed by atoms with Gasteiger partial charge in [-0.2, -0.15) is 0 Å². The number of unbranched alkanes of at least 4 members (excludes halogenated alkanes) is 5. The number of nitrogens with zero attached hydrogens (tertiary/aromatic N) is 1. The predicted molar refractivity (Wildman–Crippen MR) is 85.4 cm³/mol. The molecule has 110 valence electrons. The van der Waals surface area contributed by atoms with Gasteiger partial charge in [-0.25, -0.2) is 0 Å². The van der Waals surface area contributed by atoms with Crippen molar-refractivity contribution in [3.05, 3.63) is 48.6 Å². The molecular formula is C18H27NO. The molecule has 20 heavy (non-hydrogen) atoms. The van der Waals surface area contributed by atoms with Gasteiger partial charge in [0.15, 0.2) is 0 Å². The van der Waals surface area contributed by atoms with E-state index < -0.39 is 0 Å². The van der Waals surface area contributed by atoms with Crippen LogP contribution in [0.2, 0.25) is 0 Å². The molecule has 0 heterocycles. The van der Waals surface area contributed by atoms with Gasteiger partial charge in [0.25, 0.3) is 0 Å². The number of benzene rings is 1. The first kappa shape index (κ1) is 16.5. The lowest BCUT2D eigenvalue weighted by atomic mass is 10.1. The average molecular weight is 273 g/mol. The fourth-order valence-electron chi connectivity index (χ4n) is 2.28. The molecule has 0 saturated heterocycles. The second-order valence-electron chi connectivity index (χ2n) is 5.22. The van der Waals surface area contributed by atoms with Crippen LogP contribution >= 0.6 is 0 Å². The number of hydrogen-bond donors (Lipinski definition) is 0. The zero-order valence-corrected chi connectivity index (χ0v) is 12.7. The fourth-order valence-corrected chi connectivity index (χ4v) is 2.28. The van der Waals surface area contributed by atoms with Crippen molar-refractivity contribution in [2.75, 3.05) is 6.54 Å². The topological polar surface area (TPSA) is 20.3 Å². The number of carbonyl (C=O) groups is 1. The molecule has 0 fully saturated rings. The minimum atomic E-state index is 0.0300. The van der Waals surface area contributed by atoms with Crippen molar-refractivity contribution in [2.45, 2.75) is 52.0 Å². The third kappa shape index (κ3) is 6.55. The molecule has 2 nitrogen and oxygen atoms in total. The van der Waals surface area contributed by atoms with Gasteiger partial charge >= 0.3 is 0 Å². The Morgan fingerprint density at radius 1 is 1.10 bits per heavy atom. The smallest absolute Gasteiger partial charge is 0.246 e. The minimum Gasteiger partial charge on any atom is -0.335 e. The molecule has 0 radical (unpaired) electrons. The maximum atomic E-state index is 11.9. The maximum absolute atomic E-state index is 11.9. The highest BCUT2D eigenvalue weighted by molar-refractivity contribution is 5.86. The Kier molecular flexibility index (Phi) is 8.44. The van der Waals surface area contributed by atoms with Crippen LogP contribution in [0.3, 0.4) is 0 Å². The Labute approximate surface area is 123 Å². The van der Waals surface area contributed by atoms with E-state index >= 15 is 0 Å². The molecule has 0 unspecified atom stereocenters. The Hall–Kier alpha value is -1.57. The van der Waals surface area contributed by atoms with Gasteiger partial charge < -0.3 is 4.90 Å².